The summed E-state index contributed by atoms with van der Waals surface area (Å²) >= 11 is 0. The fourth-order valence-electron chi connectivity index (χ4n) is 2.24. The van der Waals surface area contributed by atoms with Gasteiger partial charge in [0.1, 0.15) is 6.61 Å². The molecule has 1 aromatic rings. The number of aromatic nitrogens is 2. The summed E-state index contributed by atoms with van der Waals surface area (Å²) < 4.78 is 21.3. The van der Waals surface area contributed by atoms with Gasteiger partial charge in [0.25, 0.3) is 0 Å². The molecule has 1 heterocycles. The molecule has 10 heteroatoms. The highest BCUT2D eigenvalue weighted by atomic mass is 16.5. The maximum absolute atomic E-state index is 11.9. The summed E-state index contributed by atoms with van der Waals surface area (Å²) in [5.74, 6) is -1.31. The number of hydrogen-bond donors (Lipinski definition) is 1. The van der Waals surface area contributed by atoms with Crippen molar-refractivity contribution < 1.29 is 33.3 Å². The second-order valence-electron chi connectivity index (χ2n) is 5.99. The van der Waals surface area contributed by atoms with E-state index in [0.29, 0.717) is 25.5 Å². The zero-order valence-electron chi connectivity index (χ0n) is 16.6. The van der Waals surface area contributed by atoms with E-state index >= 15 is 0 Å². The first-order chi connectivity index (χ1) is 13.5. The van der Waals surface area contributed by atoms with Crippen molar-refractivity contribution in [1.82, 2.24) is 9.78 Å². The lowest BCUT2D eigenvalue weighted by Gasteiger charge is -2.15. The van der Waals surface area contributed by atoms with E-state index in [4.69, 9.17) is 9.47 Å². The van der Waals surface area contributed by atoms with Crippen LogP contribution >= 0.6 is 0 Å². The van der Waals surface area contributed by atoms with E-state index in [0.717, 1.165) is 12.8 Å². The summed E-state index contributed by atoms with van der Waals surface area (Å²) in [5, 5.41) is 6.75. The molecule has 0 unspecified atom stereocenters. The molecule has 0 spiro atoms. The van der Waals surface area contributed by atoms with Gasteiger partial charge in [-0.05, 0) is 6.42 Å². The molecule has 0 fully saturated rings. The Morgan fingerprint density at radius 3 is 2.32 bits per heavy atom. The van der Waals surface area contributed by atoms with Crippen LogP contribution in [0.1, 0.15) is 38.6 Å². The molecule has 0 aliphatic carbocycles. The van der Waals surface area contributed by atoms with Gasteiger partial charge in [0.15, 0.2) is 0 Å². The predicted molar refractivity (Wildman–Crippen MR) is 99.7 cm³/mol. The Bertz CT molecular complexity index is 600. The van der Waals surface area contributed by atoms with E-state index in [-0.39, 0.29) is 25.4 Å². The molecule has 0 aliphatic rings. The Morgan fingerprint density at radius 2 is 1.71 bits per heavy atom. The van der Waals surface area contributed by atoms with Crippen LogP contribution in [0.3, 0.4) is 0 Å². The van der Waals surface area contributed by atoms with Crippen LogP contribution in [0.4, 0.5) is 5.69 Å². The van der Waals surface area contributed by atoms with Crippen LogP contribution < -0.4 is 5.32 Å². The monoisotopic (exact) mass is 399 g/mol. The number of ether oxygens (including phenoxy) is 4. The average molecular weight is 399 g/mol. The van der Waals surface area contributed by atoms with Crippen LogP contribution in [-0.4, -0.2) is 68.3 Å². The molecule has 28 heavy (non-hydrogen) atoms. The molecule has 0 aromatic carbocycles. The maximum atomic E-state index is 11.9. The van der Waals surface area contributed by atoms with E-state index in [1.54, 1.807) is 0 Å². The third-order valence-electron chi connectivity index (χ3n) is 3.77. The highest BCUT2D eigenvalue weighted by molar-refractivity contribution is 5.91. The van der Waals surface area contributed by atoms with Gasteiger partial charge in [-0.25, -0.2) is 0 Å². The second-order valence-corrected chi connectivity index (χ2v) is 5.99. The Labute approximate surface area is 164 Å². The Balaban J connectivity index is 2.47. The molecule has 158 valence electrons. The summed E-state index contributed by atoms with van der Waals surface area (Å²) in [7, 11) is 2.53. The predicted octanol–water partition coefficient (Wildman–Crippen LogP) is 1.32. The molecule has 10 nitrogen and oxygen atoms in total. The van der Waals surface area contributed by atoms with Gasteiger partial charge in [-0.3, -0.25) is 19.1 Å². The van der Waals surface area contributed by atoms with Crippen molar-refractivity contribution in [3.05, 3.63) is 12.4 Å². The zero-order chi connectivity index (χ0) is 20.8. The van der Waals surface area contributed by atoms with E-state index < -0.39 is 18.0 Å². The largest absolute Gasteiger partial charge is 0.469 e. The fraction of sp³-hybridized carbons (Fsp3) is 0.667. The summed E-state index contributed by atoms with van der Waals surface area (Å²) in [5.41, 5.74) is 0.424. The Morgan fingerprint density at radius 1 is 1.07 bits per heavy atom. The van der Waals surface area contributed by atoms with Crippen LogP contribution in [0.15, 0.2) is 12.4 Å². The number of nitrogens with one attached hydrogen (secondary N) is 1. The number of nitrogens with zero attached hydrogens (tertiary/aromatic N) is 2. The molecule has 1 rings (SSSR count). The molecule has 0 atom stereocenters. The highest BCUT2D eigenvalue weighted by Gasteiger charge is 2.21. The van der Waals surface area contributed by atoms with Crippen molar-refractivity contribution in [2.45, 2.75) is 38.6 Å². The minimum Gasteiger partial charge on any atom is -0.469 e. The van der Waals surface area contributed by atoms with Crippen molar-refractivity contribution in [3.8, 4) is 0 Å². The normalized spacial score (nSPS) is 10.7. The number of rotatable bonds is 14. The number of anilines is 1. The molecule has 0 aliphatic heterocycles. The lowest BCUT2D eigenvalue weighted by molar-refractivity contribution is -0.144. The Hall–Kier alpha value is -2.46. The van der Waals surface area contributed by atoms with Crippen molar-refractivity contribution in [2.24, 2.45) is 0 Å². The van der Waals surface area contributed by atoms with Crippen molar-refractivity contribution in [1.29, 1.82) is 0 Å². The summed E-state index contributed by atoms with van der Waals surface area (Å²) in [6.45, 7) is 3.42. The maximum Gasteiger partial charge on any atom is 0.307 e. The average Bonchev–Trinajstić information content (AvgIpc) is 3.14. The molecule has 1 amide bonds. The fourth-order valence-corrected chi connectivity index (χ4v) is 2.24. The van der Waals surface area contributed by atoms with Gasteiger partial charge >= 0.3 is 11.9 Å². The minimum atomic E-state index is -0.581. The number of esters is 2. The first-order valence-corrected chi connectivity index (χ1v) is 9.13. The second kappa shape index (κ2) is 13.7. The lowest BCUT2D eigenvalue weighted by Crippen LogP contribution is -2.20. The van der Waals surface area contributed by atoms with Crippen LogP contribution in [0.2, 0.25) is 0 Å². The number of amides is 1. The molecule has 0 bridgehead atoms. The smallest absolute Gasteiger partial charge is 0.307 e. The topological polar surface area (TPSA) is 118 Å². The summed E-state index contributed by atoms with van der Waals surface area (Å²) in [6.07, 6.45) is 4.91. The SMILES string of the molecule is CCCCOCCOCC(=O)Nc1cnn(C(CC(=O)OC)CC(=O)OC)c1. The van der Waals surface area contributed by atoms with Gasteiger partial charge in [0.05, 0.1) is 58.2 Å². The molecule has 1 N–H and O–H groups in total. The van der Waals surface area contributed by atoms with Crippen LogP contribution in [-0.2, 0) is 33.3 Å². The molecule has 0 saturated carbocycles. The van der Waals surface area contributed by atoms with Crippen LogP contribution in [0.5, 0.6) is 0 Å². The third-order valence-corrected chi connectivity index (χ3v) is 3.77. The van der Waals surface area contributed by atoms with Crippen molar-refractivity contribution in [3.63, 3.8) is 0 Å². The molecule has 0 saturated heterocycles. The highest BCUT2D eigenvalue weighted by Crippen LogP contribution is 2.19. The standard InChI is InChI=1S/C18H29N3O7/c1-4-5-6-27-7-8-28-13-16(22)20-14-11-19-21(12-14)15(9-17(23)25-2)10-18(24)26-3/h11-12,15H,4-10,13H2,1-3H3,(H,20,22). The van der Waals surface area contributed by atoms with Crippen LogP contribution in [0.25, 0.3) is 0 Å². The number of unbranched alkanes of at least 4 members (excludes halogenated alkanes) is 1. The zero-order valence-corrected chi connectivity index (χ0v) is 16.6. The first-order valence-electron chi connectivity index (χ1n) is 9.13. The van der Waals surface area contributed by atoms with E-state index in [1.807, 2.05) is 0 Å². The number of hydrogen-bond acceptors (Lipinski definition) is 8. The van der Waals surface area contributed by atoms with Gasteiger partial charge in [0.2, 0.25) is 5.91 Å². The molecular formula is C18H29N3O7. The van der Waals surface area contributed by atoms with E-state index in [2.05, 4.69) is 26.8 Å². The van der Waals surface area contributed by atoms with Gasteiger partial charge in [-0.2, -0.15) is 5.10 Å². The Kier molecular flexibility index (Phi) is 11.5. The van der Waals surface area contributed by atoms with Crippen LogP contribution in [0, 0.1) is 0 Å². The number of carbonyl (C=O) groups excluding carboxylic acids is 3. The molecular weight excluding hydrogens is 370 g/mol. The molecule has 1 aromatic heterocycles. The minimum absolute atomic E-state index is 0.0538. The lowest BCUT2D eigenvalue weighted by atomic mass is 10.1. The van der Waals surface area contributed by atoms with E-state index in [9.17, 15) is 14.4 Å². The summed E-state index contributed by atoms with van der Waals surface area (Å²) in [6, 6.07) is -0.581. The summed E-state index contributed by atoms with van der Waals surface area (Å²) in [4.78, 5) is 35.0. The third kappa shape index (κ3) is 9.47. The quantitative estimate of drug-likeness (QED) is 0.368. The number of methoxy groups -OCH3 is 2. The number of carbonyl (C=O) groups is 3. The van der Waals surface area contributed by atoms with Gasteiger partial charge in [0, 0.05) is 12.8 Å². The first kappa shape index (κ1) is 23.6. The van der Waals surface area contributed by atoms with Crippen molar-refractivity contribution >= 4 is 23.5 Å². The van der Waals surface area contributed by atoms with Crippen molar-refractivity contribution in [2.75, 3.05) is 46.0 Å². The molecule has 0 radical (unpaired) electrons. The van der Waals surface area contributed by atoms with E-state index in [1.165, 1.54) is 31.3 Å². The van der Waals surface area contributed by atoms with Gasteiger partial charge < -0.3 is 24.3 Å². The van der Waals surface area contributed by atoms with Gasteiger partial charge in [-0.15, -0.1) is 0 Å². The van der Waals surface area contributed by atoms with Gasteiger partial charge in [-0.1, -0.05) is 13.3 Å².